The van der Waals surface area contributed by atoms with E-state index in [0.29, 0.717) is 21.0 Å². The molecule has 102 valence electrons. The van der Waals surface area contributed by atoms with Gasteiger partial charge in [0, 0.05) is 6.04 Å². The van der Waals surface area contributed by atoms with Gasteiger partial charge in [-0.1, -0.05) is 37.0 Å². The molecule has 0 saturated carbocycles. The Kier molecular flexibility index (Phi) is 5.92. The summed E-state index contributed by atoms with van der Waals surface area (Å²) in [5.74, 6) is -0.527. The minimum Gasteiger partial charge on any atom is -0.480 e. The summed E-state index contributed by atoms with van der Waals surface area (Å²) in [6.07, 6.45) is 0.579. The molecule has 2 atom stereocenters. The van der Waals surface area contributed by atoms with E-state index in [1.807, 2.05) is 20.8 Å². The van der Waals surface area contributed by atoms with E-state index in [0.717, 1.165) is 5.56 Å². The van der Waals surface area contributed by atoms with Gasteiger partial charge in [-0.2, -0.15) is 0 Å². The standard InChI is InChI=1S/C12H17Cl2NO2S/c1-6(2)4-9(12(16)17)15-7(3)8-5-10(13)18-11(8)14/h5-7,9,15H,4H2,1-3H3,(H,16,17). The van der Waals surface area contributed by atoms with Crippen molar-refractivity contribution in [2.75, 3.05) is 0 Å². The molecule has 18 heavy (non-hydrogen) atoms. The van der Waals surface area contributed by atoms with Crippen LogP contribution in [0, 0.1) is 5.92 Å². The highest BCUT2D eigenvalue weighted by Crippen LogP contribution is 2.35. The van der Waals surface area contributed by atoms with Gasteiger partial charge >= 0.3 is 5.97 Å². The summed E-state index contributed by atoms with van der Waals surface area (Å²) in [6.45, 7) is 5.88. The summed E-state index contributed by atoms with van der Waals surface area (Å²) < 4.78 is 1.22. The quantitative estimate of drug-likeness (QED) is 0.827. The molecule has 0 amide bonds. The van der Waals surface area contributed by atoms with Crippen molar-refractivity contribution in [1.29, 1.82) is 0 Å². The average molecular weight is 310 g/mol. The van der Waals surface area contributed by atoms with Gasteiger partial charge in [0.05, 0.1) is 8.67 Å². The molecule has 0 fully saturated rings. The fraction of sp³-hybridized carbons (Fsp3) is 0.583. The lowest BCUT2D eigenvalue weighted by Gasteiger charge is -2.21. The number of hydrogen-bond donors (Lipinski definition) is 2. The van der Waals surface area contributed by atoms with Gasteiger partial charge in [0.2, 0.25) is 0 Å². The predicted molar refractivity (Wildman–Crippen MR) is 76.8 cm³/mol. The van der Waals surface area contributed by atoms with Gasteiger partial charge in [0.1, 0.15) is 6.04 Å². The highest BCUT2D eigenvalue weighted by molar-refractivity contribution is 7.20. The van der Waals surface area contributed by atoms with E-state index in [4.69, 9.17) is 23.2 Å². The third kappa shape index (κ3) is 4.43. The van der Waals surface area contributed by atoms with Crippen molar-refractivity contribution in [2.45, 2.75) is 39.3 Å². The van der Waals surface area contributed by atoms with E-state index in [1.54, 1.807) is 6.07 Å². The molecule has 0 bridgehead atoms. The summed E-state index contributed by atoms with van der Waals surface area (Å²) in [7, 11) is 0. The van der Waals surface area contributed by atoms with E-state index in [2.05, 4.69) is 5.32 Å². The van der Waals surface area contributed by atoms with Crippen LogP contribution in [0.2, 0.25) is 8.67 Å². The van der Waals surface area contributed by atoms with Crippen molar-refractivity contribution in [3.05, 3.63) is 20.3 Å². The fourth-order valence-corrected chi connectivity index (χ4v) is 3.40. The summed E-state index contributed by atoms with van der Waals surface area (Å²) in [5, 5.41) is 12.3. The van der Waals surface area contributed by atoms with Crippen LogP contribution < -0.4 is 5.32 Å². The van der Waals surface area contributed by atoms with Crippen LogP contribution in [0.5, 0.6) is 0 Å². The maximum atomic E-state index is 11.2. The van der Waals surface area contributed by atoms with Gasteiger partial charge in [-0.15, -0.1) is 11.3 Å². The molecule has 0 saturated heterocycles. The first kappa shape index (κ1) is 15.8. The van der Waals surface area contributed by atoms with Crippen LogP contribution >= 0.6 is 34.5 Å². The van der Waals surface area contributed by atoms with Crippen molar-refractivity contribution in [3.8, 4) is 0 Å². The van der Waals surface area contributed by atoms with Crippen molar-refractivity contribution < 1.29 is 9.90 Å². The van der Waals surface area contributed by atoms with Crippen LogP contribution in [0.4, 0.5) is 0 Å². The molecule has 0 aliphatic rings. The summed E-state index contributed by atoms with van der Waals surface area (Å²) >= 11 is 13.2. The van der Waals surface area contributed by atoms with Gasteiger partial charge in [0.25, 0.3) is 0 Å². The molecule has 0 aliphatic heterocycles. The molecular weight excluding hydrogens is 293 g/mol. The second-order valence-corrected chi connectivity index (χ2v) is 6.97. The number of aliphatic carboxylic acids is 1. The SMILES string of the molecule is CC(C)CC(NC(C)c1cc(Cl)sc1Cl)C(=O)O. The van der Waals surface area contributed by atoms with Crippen molar-refractivity contribution in [3.63, 3.8) is 0 Å². The van der Waals surface area contributed by atoms with E-state index in [-0.39, 0.29) is 6.04 Å². The Morgan fingerprint density at radius 1 is 1.44 bits per heavy atom. The number of carbonyl (C=O) groups is 1. The van der Waals surface area contributed by atoms with E-state index >= 15 is 0 Å². The molecule has 1 heterocycles. The minimum atomic E-state index is -0.840. The monoisotopic (exact) mass is 309 g/mol. The molecule has 1 rings (SSSR count). The number of thiophene rings is 1. The maximum Gasteiger partial charge on any atom is 0.320 e. The summed E-state index contributed by atoms with van der Waals surface area (Å²) in [6, 6.07) is 1.07. The third-order valence-electron chi connectivity index (χ3n) is 2.61. The second kappa shape index (κ2) is 6.75. The number of hydrogen-bond acceptors (Lipinski definition) is 3. The van der Waals surface area contributed by atoms with Crippen LogP contribution in [-0.2, 0) is 4.79 Å². The Morgan fingerprint density at radius 2 is 2.06 bits per heavy atom. The molecule has 6 heteroatoms. The molecule has 1 aromatic heterocycles. The molecule has 2 unspecified atom stereocenters. The van der Waals surface area contributed by atoms with Crippen LogP contribution in [-0.4, -0.2) is 17.1 Å². The zero-order valence-corrected chi connectivity index (χ0v) is 12.9. The van der Waals surface area contributed by atoms with E-state index in [1.165, 1.54) is 11.3 Å². The predicted octanol–water partition coefficient (Wildman–Crippen LogP) is 4.20. The molecule has 3 nitrogen and oxygen atoms in total. The van der Waals surface area contributed by atoms with Crippen molar-refractivity contribution in [1.82, 2.24) is 5.32 Å². The minimum absolute atomic E-state index is 0.138. The first-order valence-corrected chi connectivity index (χ1v) is 7.32. The largest absolute Gasteiger partial charge is 0.480 e. The van der Waals surface area contributed by atoms with Gasteiger partial charge in [-0.05, 0) is 30.9 Å². The fourth-order valence-electron chi connectivity index (χ4n) is 1.75. The number of rotatable bonds is 6. The van der Waals surface area contributed by atoms with Crippen LogP contribution in [0.15, 0.2) is 6.07 Å². The number of nitrogens with one attached hydrogen (secondary N) is 1. The lowest BCUT2D eigenvalue weighted by molar-refractivity contribution is -0.140. The van der Waals surface area contributed by atoms with Crippen LogP contribution in [0.1, 0.15) is 38.8 Å². The number of halogens is 2. The zero-order valence-electron chi connectivity index (χ0n) is 10.5. The van der Waals surface area contributed by atoms with Crippen LogP contribution in [0.25, 0.3) is 0 Å². The highest BCUT2D eigenvalue weighted by Gasteiger charge is 2.23. The first-order valence-electron chi connectivity index (χ1n) is 5.74. The lowest BCUT2D eigenvalue weighted by Crippen LogP contribution is -2.39. The molecule has 2 N–H and O–H groups in total. The Bertz CT molecular complexity index is 420. The third-order valence-corrected chi connectivity index (χ3v) is 4.12. The highest BCUT2D eigenvalue weighted by atomic mass is 35.5. The van der Waals surface area contributed by atoms with Gasteiger partial charge in [0.15, 0.2) is 0 Å². The molecule has 0 spiro atoms. The average Bonchev–Trinajstić information content (AvgIpc) is 2.56. The Labute approximate surface area is 121 Å². The first-order chi connectivity index (χ1) is 8.31. The lowest BCUT2D eigenvalue weighted by atomic mass is 10.0. The molecule has 1 aromatic rings. The topological polar surface area (TPSA) is 49.3 Å². The normalized spacial score (nSPS) is 14.8. The second-order valence-electron chi connectivity index (χ2n) is 4.69. The van der Waals surface area contributed by atoms with Crippen LogP contribution in [0.3, 0.4) is 0 Å². The number of carboxylic acids is 1. The van der Waals surface area contributed by atoms with E-state index in [9.17, 15) is 9.90 Å². The Morgan fingerprint density at radius 3 is 2.44 bits per heavy atom. The van der Waals surface area contributed by atoms with Gasteiger partial charge in [-0.3, -0.25) is 10.1 Å². The Balaban J connectivity index is 2.75. The Hall–Kier alpha value is -0.290. The van der Waals surface area contributed by atoms with Crippen molar-refractivity contribution in [2.24, 2.45) is 5.92 Å². The molecule has 0 aromatic carbocycles. The zero-order chi connectivity index (χ0) is 13.9. The maximum absolute atomic E-state index is 11.2. The van der Waals surface area contributed by atoms with E-state index < -0.39 is 12.0 Å². The molecular formula is C12H17Cl2NO2S. The summed E-state index contributed by atoms with van der Waals surface area (Å²) in [4.78, 5) is 11.2. The van der Waals surface area contributed by atoms with Crippen molar-refractivity contribution >= 4 is 40.5 Å². The molecule has 0 radical (unpaired) electrons. The smallest absolute Gasteiger partial charge is 0.320 e. The summed E-state index contributed by atoms with van der Waals surface area (Å²) in [5.41, 5.74) is 0.849. The van der Waals surface area contributed by atoms with Gasteiger partial charge in [-0.25, -0.2) is 0 Å². The molecule has 0 aliphatic carbocycles. The van der Waals surface area contributed by atoms with Gasteiger partial charge < -0.3 is 5.11 Å². The number of carboxylic acid groups (broad SMARTS) is 1.